The molecule has 1 rings (SSSR count). The van der Waals surface area contributed by atoms with E-state index in [9.17, 15) is 8.78 Å². The highest BCUT2D eigenvalue weighted by atomic mass is 19.3. The highest BCUT2D eigenvalue weighted by molar-refractivity contribution is 5.05. The van der Waals surface area contributed by atoms with Crippen LogP contribution in [0.3, 0.4) is 0 Å². The molecule has 0 amide bonds. The number of aromatic nitrogens is 1. The van der Waals surface area contributed by atoms with Gasteiger partial charge in [-0.25, -0.2) is 8.78 Å². The first-order valence-corrected chi connectivity index (χ1v) is 6.21. The Morgan fingerprint density at radius 1 is 1.39 bits per heavy atom. The van der Waals surface area contributed by atoms with Gasteiger partial charge in [0, 0.05) is 31.0 Å². The summed E-state index contributed by atoms with van der Waals surface area (Å²) in [5, 5.41) is 3.31. The second kappa shape index (κ2) is 8.94. The Kier molecular flexibility index (Phi) is 7.44. The highest BCUT2D eigenvalue weighted by Crippen LogP contribution is 2.04. The van der Waals surface area contributed by atoms with Gasteiger partial charge in [0.05, 0.1) is 0 Å². The summed E-state index contributed by atoms with van der Waals surface area (Å²) in [5.74, 6) is 0. The first-order chi connectivity index (χ1) is 8.72. The number of nitrogens with one attached hydrogen (secondary N) is 1. The first kappa shape index (κ1) is 15.0. The third kappa shape index (κ3) is 6.61. The quantitative estimate of drug-likeness (QED) is 0.690. The van der Waals surface area contributed by atoms with Crippen molar-refractivity contribution >= 4 is 0 Å². The number of nitrogens with zero attached hydrogens (tertiary/aromatic N) is 1. The summed E-state index contributed by atoms with van der Waals surface area (Å²) in [6.07, 6.45) is 0.855. The molecule has 0 aromatic carbocycles. The van der Waals surface area contributed by atoms with E-state index in [2.05, 4.69) is 10.3 Å². The first-order valence-electron chi connectivity index (χ1n) is 6.21. The summed E-state index contributed by atoms with van der Waals surface area (Å²) in [6.45, 7) is 2.72. The summed E-state index contributed by atoms with van der Waals surface area (Å²) in [7, 11) is 0. The minimum atomic E-state index is -2.39. The molecule has 0 aliphatic heterocycles. The van der Waals surface area contributed by atoms with Gasteiger partial charge in [0.15, 0.2) is 0 Å². The Balaban J connectivity index is 2.31. The largest absolute Gasteiger partial charge is 0.375 e. The van der Waals surface area contributed by atoms with E-state index >= 15 is 0 Å². The molecule has 18 heavy (non-hydrogen) atoms. The van der Waals surface area contributed by atoms with Crippen LogP contribution >= 0.6 is 0 Å². The average molecular weight is 258 g/mol. The third-order valence-corrected chi connectivity index (χ3v) is 2.53. The molecule has 1 N–H and O–H groups in total. The zero-order chi connectivity index (χ0) is 13.2. The molecule has 0 aliphatic carbocycles. The van der Waals surface area contributed by atoms with E-state index in [1.54, 1.807) is 6.20 Å². The normalized spacial score (nSPS) is 12.9. The lowest BCUT2D eigenvalue weighted by Crippen LogP contribution is -2.32. The van der Waals surface area contributed by atoms with Gasteiger partial charge in [-0.2, -0.15) is 0 Å². The fourth-order valence-corrected chi connectivity index (χ4v) is 1.73. The van der Waals surface area contributed by atoms with Gasteiger partial charge in [-0.15, -0.1) is 0 Å². The average Bonchev–Trinajstić information content (AvgIpc) is 2.36. The summed E-state index contributed by atoms with van der Waals surface area (Å²) in [4.78, 5) is 4.26. The van der Waals surface area contributed by atoms with Gasteiger partial charge in [0.2, 0.25) is 0 Å². The van der Waals surface area contributed by atoms with Crippen molar-refractivity contribution in [3.63, 3.8) is 0 Å². The van der Waals surface area contributed by atoms with Crippen LogP contribution in [0, 0.1) is 0 Å². The third-order valence-electron chi connectivity index (χ3n) is 2.53. The molecule has 0 bridgehead atoms. The topological polar surface area (TPSA) is 34.1 Å². The van der Waals surface area contributed by atoms with Crippen molar-refractivity contribution in [2.45, 2.75) is 32.2 Å². The van der Waals surface area contributed by atoms with Crippen molar-refractivity contribution in [1.29, 1.82) is 0 Å². The molecule has 0 radical (unpaired) electrons. The Morgan fingerprint density at radius 3 is 2.83 bits per heavy atom. The molecule has 102 valence electrons. The van der Waals surface area contributed by atoms with Crippen LogP contribution in [0.25, 0.3) is 0 Å². The van der Waals surface area contributed by atoms with Crippen LogP contribution in [0.2, 0.25) is 0 Å². The Hall–Kier alpha value is -1.07. The summed E-state index contributed by atoms with van der Waals surface area (Å²) in [6, 6.07) is 5.99. The molecule has 0 fully saturated rings. The molecule has 1 aromatic rings. The summed E-state index contributed by atoms with van der Waals surface area (Å²) in [5.41, 5.74) is 0.998. The standard InChI is InChI=1S/C13H20F2N2O/c1-2-16-12(6-8-18-10-13(14)15)9-11-5-3-4-7-17-11/h3-5,7,12-13,16H,2,6,8-10H2,1H3. The monoisotopic (exact) mass is 258 g/mol. The maximum absolute atomic E-state index is 11.9. The van der Waals surface area contributed by atoms with Crippen molar-refractivity contribution in [3.05, 3.63) is 30.1 Å². The number of ether oxygens (including phenoxy) is 1. The number of rotatable bonds is 9. The van der Waals surface area contributed by atoms with Crippen molar-refractivity contribution in [1.82, 2.24) is 10.3 Å². The number of hydrogen-bond donors (Lipinski definition) is 1. The molecule has 1 heterocycles. The van der Waals surface area contributed by atoms with E-state index in [4.69, 9.17) is 4.74 Å². The molecule has 0 saturated carbocycles. The van der Waals surface area contributed by atoms with Gasteiger partial charge >= 0.3 is 0 Å². The molecule has 0 aliphatic rings. The van der Waals surface area contributed by atoms with Crippen molar-refractivity contribution < 1.29 is 13.5 Å². The molecule has 1 unspecified atom stereocenters. The number of pyridine rings is 1. The second-order valence-electron chi connectivity index (χ2n) is 4.03. The summed E-state index contributed by atoms with van der Waals surface area (Å²) >= 11 is 0. The predicted molar refractivity (Wildman–Crippen MR) is 66.8 cm³/mol. The minimum absolute atomic E-state index is 0.211. The van der Waals surface area contributed by atoms with Crippen molar-refractivity contribution in [2.75, 3.05) is 19.8 Å². The van der Waals surface area contributed by atoms with Crippen molar-refractivity contribution in [3.8, 4) is 0 Å². The van der Waals surface area contributed by atoms with Crippen LogP contribution in [0.4, 0.5) is 8.78 Å². The van der Waals surface area contributed by atoms with Gasteiger partial charge in [-0.05, 0) is 25.1 Å². The van der Waals surface area contributed by atoms with E-state index in [0.717, 1.165) is 18.7 Å². The second-order valence-corrected chi connectivity index (χ2v) is 4.03. The van der Waals surface area contributed by atoms with E-state index in [1.165, 1.54) is 0 Å². The zero-order valence-corrected chi connectivity index (χ0v) is 10.6. The van der Waals surface area contributed by atoms with Crippen LogP contribution in [-0.4, -0.2) is 37.2 Å². The van der Waals surface area contributed by atoms with E-state index in [1.807, 2.05) is 25.1 Å². The predicted octanol–water partition coefficient (Wildman–Crippen LogP) is 2.27. The SMILES string of the molecule is CCNC(CCOCC(F)F)Cc1ccccn1. The Bertz CT molecular complexity index is 309. The molecule has 1 atom stereocenters. The zero-order valence-electron chi connectivity index (χ0n) is 10.6. The summed E-state index contributed by atoms with van der Waals surface area (Å²) < 4.78 is 28.7. The van der Waals surface area contributed by atoms with Crippen LogP contribution in [0.15, 0.2) is 24.4 Å². The van der Waals surface area contributed by atoms with Crippen LogP contribution in [0.1, 0.15) is 19.0 Å². The van der Waals surface area contributed by atoms with Gasteiger partial charge < -0.3 is 10.1 Å². The van der Waals surface area contributed by atoms with Crippen LogP contribution in [0.5, 0.6) is 0 Å². The van der Waals surface area contributed by atoms with E-state index in [0.29, 0.717) is 13.0 Å². The Labute approximate surface area is 107 Å². The molecule has 5 heteroatoms. The lowest BCUT2D eigenvalue weighted by atomic mass is 10.1. The fraction of sp³-hybridized carbons (Fsp3) is 0.615. The molecule has 1 aromatic heterocycles. The Morgan fingerprint density at radius 2 is 2.22 bits per heavy atom. The molecular formula is C13H20F2N2O. The van der Waals surface area contributed by atoms with Gasteiger partial charge in [0.25, 0.3) is 6.43 Å². The number of alkyl halides is 2. The van der Waals surface area contributed by atoms with Crippen LogP contribution < -0.4 is 5.32 Å². The van der Waals surface area contributed by atoms with Gasteiger partial charge in [-0.3, -0.25) is 4.98 Å². The number of hydrogen-bond acceptors (Lipinski definition) is 3. The van der Waals surface area contributed by atoms with Gasteiger partial charge in [-0.1, -0.05) is 13.0 Å². The van der Waals surface area contributed by atoms with E-state index in [-0.39, 0.29) is 6.04 Å². The molecule has 0 saturated heterocycles. The lowest BCUT2D eigenvalue weighted by molar-refractivity contribution is 0.0144. The lowest BCUT2D eigenvalue weighted by Gasteiger charge is -2.17. The smallest absolute Gasteiger partial charge is 0.261 e. The molecule has 3 nitrogen and oxygen atoms in total. The molecular weight excluding hydrogens is 238 g/mol. The number of halogens is 2. The van der Waals surface area contributed by atoms with Crippen molar-refractivity contribution in [2.24, 2.45) is 0 Å². The number of likely N-dealkylation sites (N-methyl/N-ethyl adjacent to an activating group) is 1. The molecule has 0 spiro atoms. The van der Waals surface area contributed by atoms with Crippen LogP contribution in [-0.2, 0) is 11.2 Å². The maximum atomic E-state index is 11.9. The van der Waals surface area contributed by atoms with Gasteiger partial charge in [0.1, 0.15) is 6.61 Å². The van der Waals surface area contributed by atoms with E-state index < -0.39 is 13.0 Å². The highest BCUT2D eigenvalue weighted by Gasteiger charge is 2.10. The minimum Gasteiger partial charge on any atom is -0.375 e. The maximum Gasteiger partial charge on any atom is 0.261 e. The fourth-order valence-electron chi connectivity index (χ4n) is 1.73.